The van der Waals surface area contributed by atoms with Crippen molar-refractivity contribution in [3.63, 3.8) is 0 Å². The first-order valence-electron chi connectivity index (χ1n) is 11.3. The Morgan fingerprint density at radius 3 is 2.34 bits per heavy atom. The highest BCUT2D eigenvalue weighted by atomic mass is 35.5. The molecule has 1 aliphatic carbocycles. The molecular weight excluding hydrogens is 426 g/mol. The molecule has 1 atom stereocenters. The number of rotatable bonds is 7. The fraction of sp³-hybridized carbons (Fsp3) is 0.480. The molecule has 0 aliphatic heterocycles. The highest BCUT2D eigenvalue weighted by Gasteiger charge is 2.14. The van der Waals surface area contributed by atoms with E-state index in [-0.39, 0.29) is 24.7 Å². The van der Waals surface area contributed by atoms with Crippen molar-refractivity contribution in [3.8, 4) is 5.75 Å². The third kappa shape index (κ3) is 5.55. The molecule has 1 aliphatic rings. The second kappa shape index (κ2) is 11.0. The molecule has 0 spiro atoms. The van der Waals surface area contributed by atoms with Crippen LogP contribution in [0.15, 0.2) is 47.3 Å². The van der Waals surface area contributed by atoms with Gasteiger partial charge in [-0.25, -0.2) is 4.79 Å². The molecule has 1 aromatic heterocycles. The van der Waals surface area contributed by atoms with Gasteiger partial charge in [0.05, 0.1) is 11.0 Å². The topological polar surface area (TPSA) is 68.4 Å². The van der Waals surface area contributed by atoms with Gasteiger partial charge in [-0.2, -0.15) is 0 Å². The van der Waals surface area contributed by atoms with E-state index in [4.69, 9.17) is 4.74 Å². The van der Waals surface area contributed by atoms with Crippen molar-refractivity contribution in [2.75, 3.05) is 6.61 Å². The van der Waals surface area contributed by atoms with Crippen molar-refractivity contribution in [2.24, 2.45) is 14.1 Å². The molecule has 7 heteroatoms. The smallest absolute Gasteiger partial charge is 0.328 e. The molecule has 32 heavy (non-hydrogen) atoms. The summed E-state index contributed by atoms with van der Waals surface area (Å²) in [6.45, 7) is 1.04. The molecule has 0 amide bonds. The highest BCUT2D eigenvalue weighted by Crippen LogP contribution is 2.22. The van der Waals surface area contributed by atoms with Crippen LogP contribution in [0, 0.1) is 0 Å². The molecular formula is C25H34ClN3O3. The van der Waals surface area contributed by atoms with Gasteiger partial charge in [-0.1, -0.05) is 43.9 Å². The standard InChI is InChI=1S/C25H33N3O3.ClH/c1-27-22-14-11-19(15-23(22)28(2)25(27)30)24(29)17-31-21-12-9-18(10-13-21)16-26-20-7-5-3-4-6-8-20;/h9-15,20,24,26,29H,3-8,16-17H2,1-2H3;1H. The van der Waals surface area contributed by atoms with Crippen LogP contribution in [0.3, 0.4) is 0 Å². The van der Waals surface area contributed by atoms with E-state index in [0.29, 0.717) is 6.04 Å². The molecule has 0 bridgehead atoms. The summed E-state index contributed by atoms with van der Waals surface area (Å²) in [4.78, 5) is 12.1. The van der Waals surface area contributed by atoms with Gasteiger partial charge in [-0.05, 0) is 48.2 Å². The maximum absolute atomic E-state index is 12.1. The van der Waals surface area contributed by atoms with Crippen LogP contribution in [-0.2, 0) is 20.6 Å². The number of aliphatic hydroxyl groups is 1. The third-order valence-electron chi connectivity index (χ3n) is 6.46. The van der Waals surface area contributed by atoms with Gasteiger partial charge in [-0.15, -0.1) is 12.4 Å². The van der Waals surface area contributed by atoms with Gasteiger partial charge < -0.3 is 15.2 Å². The Morgan fingerprint density at radius 1 is 1.00 bits per heavy atom. The predicted octanol–water partition coefficient (Wildman–Crippen LogP) is 4.22. The summed E-state index contributed by atoms with van der Waals surface area (Å²) in [5.41, 5.74) is 3.55. The van der Waals surface area contributed by atoms with E-state index in [1.165, 1.54) is 44.1 Å². The summed E-state index contributed by atoms with van der Waals surface area (Å²) < 4.78 is 9.01. The first kappa shape index (κ1) is 24.4. The summed E-state index contributed by atoms with van der Waals surface area (Å²) in [6.07, 6.45) is 7.20. The lowest BCUT2D eigenvalue weighted by Gasteiger charge is -2.16. The van der Waals surface area contributed by atoms with Gasteiger partial charge in [-0.3, -0.25) is 9.13 Å². The van der Waals surface area contributed by atoms with Gasteiger partial charge >= 0.3 is 5.69 Å². The number of aromatic nitrogens is 2. The average molecular weight is 460 g/mol. The van der Waals surface area contributed by atoms with E-state index in [2.05, 4.69) is 17.4 Å². The fourth-order valence-corrected chi connectivity index (χ4v) is 4.45. The Morgan fingerprint density at radius 2 is 1.66 bits per heavy atom. The van der Waals surface area contributed by atoms with E-state index in [0.717, 1.165) is 28.9 Å². The number of aliphatic hydroxyl groups excluding tert-OH is 1. The molecule has 174 valence electrons. The van der Waals surface area contributed by atoms with Crippen molar-refractivity contribution >= 4 is 23.4 Å². The first-order chi connectivity index (χ1) is 15.0. The summed E-state index contributed by atoms with van der Waals surface area (Å²) in [5.74, 6) is 0.741. The zero-order valence-corrected chi connectivity index (χ0v) is 19.7. The minimum absolute atomic E-state index is 0. The molecule has 1 heterocycles. The van der Waals surface area contributed by atoms with E-state index >= 15 is 0 Å². The van der Waals surface area contributed by atoms with E-state index < -0.39 is 6.10 Å². The fourth-order valence-electron chi connectivity index (χ4n) is 4.45. The predicted molar refractivity (Wildman–Crippen MR) is 131 cm³/mol. The lowest BCUT2D eigenvalue weighted by atomic mass is 10.1. The number of hydrogen-bond acceptors (Lipinski definition) is 4. The maximum atomic E-state index is 12.1. The zero-order chi connectivity index (χ0) is 21.8. The van der Waals surface area contributed by atoms with E-state index in [9.17, 15) is 9.90 Å². The van der Waals surface area contributed by atoms with Crippen LogP contribution in [0.2, 0.25) is 0 Å². The molecule has 0 saturated heterocycles. The summed E-state index contributed by atoms with van der Waals surface area (Å²) in [5, 5.41) is 14.3. The van der Waals surface area contributed by atoms with Crippen LogP contribution in [0.5, 0.6) is 5.75 Å². The average Bonchev–Trinajstić information content (AvgIpc) is 2.99. The van der Waals surface area contributed by atoms with Crippen LogP contribution in [0.25, 0.3) is 11.0 Å². The number of hydrogen-bond donors (Lipinski definition) is 2. The molecule has 2 N–H and O–H groups in total. The SMILES string of the molecule is Cl.Cn1c(=O)n(C)c2cc(C(O)COc3ccc(CNC4CCCCCC4)cc3)ccc21. The van der Waals surface area contributed by atoms with Gasteiger partial charge in [0.2, 0.25) is 0 Å². The van der Waals surface area contributed by atoms with Gasteiger partial charge in [0.15, 0.2) is 0 Å². The quantitative estimate of drug-likeness (QED) is 0.519. The molecule has 1 saturated carbocycles. The third-order valence-corrected chi connectivity index (χ3v) is 6.46. The zero-order valence-electron chi connectivity index (χ0n) is 18.9. The number of benzene rings is 2. The van der Waals surface area contributed by atoms with Crippen molar-refractivity contribution in [1.82, 2.24) is 14.5 Å². The number of nitrogens with zero attached hydrogens (tertiary/aromatic N) is 2. The van der Waals surface area contributed by atoms with Gasteiger partial charge in [0.25, 0.3) is 0 Å². The molecule has 3 aromatic rings. The number of aryl methyl sites for hydroxylation is 2. The Hall–Kier alpha value is -2.28. The number of fused-ring (bicyclic) bond motifs is 1. The molecule has 1 unspecified atom stereocenters. The molecule has 0 radical (unpaired) electrons. The lowest BCUT2D eigenvalue weighted by molar-refractivity contribution is 0.108. The monoisotopic (exact) mass is 459 g/mol. The van der Waals surface area contributed by atoms with Crippen LogP contribution >= 0.6 is 12.4 Å². The Labute approximate surface area is 195 Å². The summed E-state index contributed by atoms with van der Waals surface area (Å²) in [6, 6.07) is 14.3. The van der Waals surface area contributed by atoms with Crippen LogP contribution in [0.4, 0.5) is 0 Å². The van der Waals surface area contributed by atoms with E-state index in [1.54, 1.807) is 23.2 Å². The number of nitrogens with one attached hydrogen (secondary N) is 1. The summed E-state index contributed by atoms with van der Waals surface area (Å²) >= 11 is 0. The minimum atomic E-state index is -0.767. The maximum Gasteiger partial charge on any atom is 0.328 e. The Bertz CT molecular complexity index is 1070. The number of halogens is 1. The number of imidazole rings is 1. The first-order valence-corrected chi connectivity index (χ1v) is 11.3. The Balaban J connectivity index is 0.00000289. The largest absolute Gasteiger partial charge is 0.491 e. The van der Waals surface area contributed by atoms with Crippen molar-refractivity contribution in [1.29, 1.82) is 0 Å². The van der Waals surface area contributed by atoms with Crippen molar-refractivity contribution in [3.05, 3.63) is 64.1 Å². The molecule has 6 nitrogen and oxygen atoms in total. The highest BCUT2D eigenvalue weighted by molar-refractivity contribution is 5.85. The minimum Gasteiger partial charge on any atom is -0.491 e. The summed E-state index contributed by atoms with van der Waals surface area (Å²) in [7, 11) is 3.49. The molecule has 2 aromatic carbocycles. The lowest BCUT2D eigenvalue weighted by Crippen LogP contribution is -2.27. The molecule has 4 rings (SSSR count). The normalized spacial score (nSPS) is 15.8. The van der Waals surface area contributed by atoms with Crippen molar-refractivity contribution in [2.45, 2.75) is 57.2 Å². The van der Waals surface area contributed by atoms with E-state index in [1.807, 2.05) is 30.3 Å². The second-order valence-corrected chi connectivity index (χ2v) is 8.69. The van der Waals surface area contributed by atoms with Crippen LogP contribution in [0.1, 0.15) is 55.8 Å². The van der Waals surface area contributed by atoms with Gasteiger partial charge in [0, 0.05) is 26.7 Å². The van der Waals surface area contributed by atoms with Crippen LogP contribution in [-0.4, -0.2) is 26.9 Å². The van der Waals surface area contributed by atoms with Crippen molar-refractivity contribution < 1.29 is 9.84 Å². The van der Waals surface area contributed by atoms with Gasteiger partial charge in [0.1, 0.15) is 18.5 Å². The number of ether oxygens (including phenoxy) is 1. The Kier molecular flexibility index (Phi) is 8.40. The second-order valence-electron chi connectivity index (χ2n) is 8.69. The molecule has 1 fully saturated rings. The van der Waals surface area contributed by atoms with Crippen LogP contribution < -0.4 is 15.7 Å².